The van der Waals surface area contributed by atoms with Gasteiger partial charge >= 0.3 is 0 Å². The Hall–Kier alpha value is -1.98. The summed E-state index contributed by atoms with van der Waals surface area (Å²) in [5.74, 6) is 1.38. The van der Waals surface area contributed by atoms with Gasteiger partial charge in [0.15, 0.2) is 0 Å². The summed E-state index contributed by atoms with van der Waals surface area (Å²) in [6.45, 7) is 8.53. The Kier molecular flexibility index (Phi) is 6.36. The van der Waals surface area contributed by atoms with Gasteiger partial charge in [0.2, 0.25) is 0 Å². The largest absolute Gasteiger partial charge is 0.491 e. The predicted molar refractivity (Wildman–Crippen MR) is 97.5 cm³/mol. The van der Waals surface area contributed by atoms with E-state index in [4.69, 9.17) is 9.47 Å². The zero-order valence-corrected chi connectivity index (χ0v) is 15.1. The fourth-order valence-corrected chi connectivity index (χ4v) is 3.20. The van der Waals surface area contributed by atoms with Crippen LogP contribution in [0.15, 0.2) is 42.9 Å². The molecule has 1 aliphatic rings. The van der Waals surface area contributed by atoms with Crippen molar-refractivity contribution in [3.8, 4) is 5.75 Å². The summed E-state index contributed by atoms with van der Waals surface area (Å²) in [6.07, 6.45) is 6.41. The highest BCUT2D eigenvalue weighted by molar-refractivity contribution is 5.28. The van der Waals surface area contributed by atoms with Gasteiger partial charge in [-0.25, -0.2) is 0 Å². The van der Waals surface area contributed by atoms with Crippen molar-refractivity contribution in [2.45, 2.75) is 32.9 Å². The third-order valence-corrected chi connectivity index (χ3v) is 4.21. The van der Waals surface area contributed by atoms with Crippen molar-refractivity contribution in [3.05, 3.63) is 54.1 Å². The Morgan fingerprint density at radius 1 is 1.32 bits per heavy atom. The first-order valence-electron chi connectivity index (χ1n) is 8.99. The van der Waals surface area contributed by atoms with Crippen LogP contribution in [0, 0.1) is 5.92 Å². The third-order valence-electron chi connectivity index (χ3n) is 4.21. The first-order valence-corrected chi connectivity index (χ1v) is 8.99. The quantitative estimate of drug-likeness (QED) is 0.808. The van der Waals surface area contributed by atoms with Crippen LogP contribution in [0.5, 0.6) is 5.75 Å². The average Bonchev–Trinajstić information content (AvgIpc) is 2.80. The van der Waals surface area contributed by atoms with Crippen LogP contribution in [0.3, 0.4) is 0 Å². The number of ether oxygens (including phenoxy) is 2. The Morgan fingerprint density at radius 2 is 2.24 bits per heavy atom. The molecule has 1 fully saturated rings. The topological polar surface area (TPSA) is 47.5 Å². The van der Waals surface area contributed by atoms with Gasteiger partial charge in [-0.05, 0) is 38.0 Å². The summed E-state index contributed by atoms with van der Waals surface area (Å²) in [5, 5.41) is 0. The molecule has 0 spiro atoms. The Morgan fingerprint density at radius 3 is 3.04 bits per heavy atom. The molecule has 0 N–H and O–H groups in total. The van der Waals surface area contributed by atoms with Crippen molar-refractivity contribution in [1.29, 1.82) is 0 Å². The SMILES string of the molecule is CC(C)Oc1cccc(CN2CCOC[C@@H](Cc3cnccn3)C2)c1. The fraction of sp³-hybridized carbons (Fsp3) is 0.500. The molecule has 0 unspecified atom stereocenters. The van der Waals surface area contributed by atoms with E-state index >= 15 is 0 Å². The highest BCUT2D eigenvalue weighted by Crippen LogP contribution is 2.19. The van der Waals surface area contributed by atoms with Gasteiger partial charge in [-0.1, -0.05) is 12.1 Å². The van der Waals surface area contributed by atoms with E-state index in [-0.39, 0.29) is 6.10 Å². The zero-order chi connectivity index (χ0) is 17.5. The molecule has 1 atom stereocenters. The molecule has 25 heavy (non-hydrogen) atoms. The molecule has 0 saturated carbocycles. The van der Waals surface area contributed by atoms with E-state index < -0.39 is 0 Å². The minimum atomic E-state index is 0.193. The molecule has 5 nitrogen and oxygen atoms in total. The summed E-state index contributed by atoms with van der Waals surface area (Å²) in [4.78, 5) is 11.0. The van der Waals surface area contributed by atoms with Crippen LogP contribution >= 0.6 is 0 Å². The van der Waals surface area contributed by atoms with Gasteiger partial charge in [0.05, 0.1) is 25.0 Å². The molecule has 1 aromatic carbocycles. The smallest absolute Gasteiger partial charge is 0.120 e. The molecular formula is C20H27N3O2. The lowest BCUT2D eigenvalue weighted by atomic mass is 10.0. The minimum Gasteiger partial charge on any atom is -0.491 e. The van der Waals surface area contributed by atoms with Crippen molar-refractivity contribution in [2.75, 3.05) is 26.3 Å². The van der Waals surface area contributed by atoms with Crippen LogP contribution in [0.1, 0.15) is 25.1 Å². The lowest BCUT2D eigenvalue weighted by Crippen LogP contribution is -2.30. The molecule has 1 aliphatic heterocycles. The number of hydrogen-bond donors (Lipinski definition) is 0. The lowest BCUT2D eigenvalue weighted by Gasteiger charge is -2.23. The standard InChI is InChI=1S/C20H27N3O2/c1-16(2)25-20-5-3-4-17(11-20)13-23-8-9-24-15-18(14-23)10-19-12-21-6-7-22-19/h3-7,11-12,16,18H,8-10,13-15H2,1-2H3/t18-/m0/s1. The van der Waals surface area contributed by atoms with Gasteiger partial charge in [-0.15, -0.1) is 0 Å². The van der Waals surface area contributed by atoms with E-state index in [0.29, 0.717) is 5.92 Å². The Labute approximate surface area is 150 Å². The zero-order valence-electron chi connectivity index (χ0n) is 15.1. The maximum atomic E-state index is 5.81. The van der Waals surface area contributed by atoms with E-state index in [0.717, 1.165) is 50.7 Å². The minimum absolute atomic E-state index is 0.193. The summed E-state index contributed by atoms with van der Waals surface area (Å²) in [7, 11) is 0. The second kappa shape index (κ2) is 8.92. The second-order valence-electron chi connectivity index (χ2n) is 6.89. The average molecular weight is 341 g/mol. The highest BCUT2D eigenvalue weighted by atomic mass is 16.5. The number of hydrogen-bond acceptors (Lipinski definition) is 5. The van der Waals surface area contributed by atoms with Gasteiger partial charge in [-0.3, -0.25) is 14.9 Å². The van der Waals surface area contributed by atoms with E-state index in [1.165, 1.54) is 5.56 Å². The van der Waals surface area contributed by atoms with E-state index in [1.54, 1.807) is 12.4 Å². The number of benzene rings is 1. The molecule has 1 aromatic heterocycles. The summed E-state index contributed by atoms with van der Waals surface area (Å²) in [6, 6.07) is 8.39. The molecule has 134 valence electrons. The highest BCUT2D eigenvalue weighted by Gasteiger charge is 2.20. The normalized spacial score (nSPS) is 18.9. The van der Waals surface area contributed by atoms with Crippen LogP contribution in [0.4, 0.5) is 0 Å². The molecular weight excluding hydrogens is 314 g/mol. The first-order chi connectivity index (χ1) is 12.2. The predicted octanol–water partition coefficient (Wildman–Crippen LogP) is 2.95. The summed E-state index contributed by atoms with van der Waals surface area (Å²) in [5.41, 5.74) is 2.31. The Balaban J connectivity index is 1.61. The lowest BCUT2D eigenvalue weighted by molar-refractivity contribution is 0.121. The van der Waals surface area contributed by atoms with Crippen LogP contribution in [0.25, 0.3) is 0 Å². The maximum Gasteiger partial charge on any atom is 0.120 e. The fourth-order valence-electron chi connectivity index (χ4n) is 3.20. The van der Waals surface area contributed by atoms with Gasteiger partial charge in [0, 0.05) is 44.1 Å². The molecule has 2 aromatic rings. The maximum absolute atomic E-state index is 5.81. The van der Waals surface area contributed by atoms with Gasteiger partial charge in [0.25, 0.3) is 0 Å². The van der Waals surface area contributed by atoms with E-state index in [9.17, 15) is 0 Å². The molecule has 1 saturated heterocycles. The molecule has 2 heterocycles. The second-order valence-corrected chi connectivity index (χ2v) is 6.89. The monoisotopic (exact) mass is 341 g/mol. The molecule has 0 aliphatic carbocycles. The molecule has 0 radical (unpaired) electrons. The van der Waals surface area contributed by atoms with Crippen molar-refractivity contribution in [2.24, 2.45) is 5.92 Å². The van der Waals surface area contributed by atoms with Crippen LogP contribution in [-0.4, -0.2) is 47.3 Å². The molecule has 3 rings (SSSR count). The molecule has 5 heteroatoms. The van der Waals surface area contributed by atoms with Gasteiger partial charge in [-0.2, -0.15) is 0 Å². The molecule has 0 amide bonds. The van der Waals surface area contributed by atoms with Crippen LogP contribution in [-0.2, 0) is 17.7 Å². The van der Waals surface area contributed by atoms with Crippen LogP contribution < -0.4 is 4.74 Å². The number of aromatic nitrogens is 2. The summed E-state index contributed by atoms with van der Waals surface area (Å²) >= 11 is 0. The Bertz CT molecular complexity index is 648. The van der Waals surface area contributed by atoms with Gasteiger partial charge in [0.1, 0.15) is 5.75 Å². The van der Waals surface area contributed by atoms with Gasteiger partial charge < -0.3 is 9.47 Å². The molecule has 0 bridgehead atoms. The van der Waals surface area contributed by atoms with E-state index in [1.807, 2.05) is 12.3 Å². The van der Waals surface area contributed by atoms with Crippen molar-refractivity contribution in [3.63, 3.8) is 0 Å². The van der Waals surface area contributed by atoms with E-state index in [2.05, 4.69) is 46.9 Å². The number of nitrogens with zero attached hydrogens (tertiary/aromatic N) is 3. The number of rotatable bonds is 6. The van der Waals surface area contributed by atoms with Crippen LogP contribution in [0.2, 0.25) is 0 Å². The van der Waals surface area contributed by atoms with Crippen molar-refractivity contribution >= 4 is 0 Å². The first kappa shape index (κ1) is 17.8. The summed E-state index contributed by atoms with van der Waals surface area (Å²) < 4.78 is 11.6. The third kappa shape index (κ3) is 5.80. The van der Waals surface area contributed by atoms with Crippen molar-refractivity contribution in [1.82, 2.24) is 14.9 Å². The van der Waals surface area contributed by atoms with Crippen molar-refractivity contribution < 1.29 is 9.47 Å².